The first-order valence-corrected chi connectivity index (χ1v) is 8.79. The molecule has 3 rings (SSSR count). The molecule has 0 saturated carbocycles. The highest BCUT2D eigenvalue weighted by molar-refractivity contribution is 7.99. The van der Waals surface area contributed by atoms with Crippen molar-refractivity contribution in [2.24, 2.45) is 0 Å². The van der Waals surface area contributed by atoms with E-state index < -0.39 is 0 Å². The van der Waals surface area contributed by atoms with Gasteiger partial charge in [-0.25, -0.2) is 0 Å². The largest absolute Gasteiger partial charge is 0.322 e. The molecule has 3 amide bonds. The van der Waals surface area contributed by atoms with Crippen LogP contribution in [0.25, 0.3) is 0 Å². The summed E-state index contributed by atoms with van der Waals surface area (Å²) >= 11 is 1.69. The number of anilines is 1. The van der Waals surface area contributed by atoms with Crippen molar-refractivity contribution in [2.75, 3.05) is 12.4 Å². The summed E-state index contributed by atoms with van der Waals surface area (Å²) in [6.45, 7) is 4.19. The summed E-state index contributed by atoms with van der Waals surface area (Å²) in [5.41, 5.74) is 1.71. The molecule has 0 unspecified atom stereocenters. The number of rotatable bonds is 4. The Morgan fingerprint density at radius 1 is 1.04 bits per heavy atom. The Morgan fingerprint density at radius 2 is 1.76 bits per heavy atom. The number of amides is 3. The molecule has 128 valence electrons. The summed E-state index contributed by atoms with van der Waals surface area (Å²) in [5, 5.41) is 3.21. The molecular weight excluding hydrogens is 336 g/mol. The number of thioether (sulfide) groups is 1. The fourth-order valence-electron chi connectivity index (χ4n) is 2.63. The third kappa shape index (κ3) is 3.44. The number of benzene rings is 2. The van der Waals surface area contributed by atoms with E-state index in [4.69, 9.17) is 0 Å². The maximum atomic E-state index is 12.5. The van der Waals surface area contributed by atoms with E-state index in [2.05, 4.69) is 19.2 Å². The number of carbonyl (C=O) groups is 3. The van der Waals surface area contributed by atoms with Gasteiger partial charge in [0.15, 0.2) is 0 Å². The molecule has 0 fully saturated rings. The minimum absolute atomic E-state index is 0.253. The van der Waals surface area contributed by atoms with Crippen molar-refractivity contribution in [3.8, 4) is 0 Å². The van der Waals surface area contributed by atoms with Gasteiger partial charge in [-0.2, -0.15) is 0 Å². The molecule has 2 aromatic rings. The number of nitrogens with one attached hydrogen (secondary N) is 1. The van der Waals surface area contributed by atoms with Crippen LogP contribution in [0.4, 0.5) is 5.69 Å². The standard InChI is InChI=1S/C19H18N2O3S/c1-11(2)25-14-6-4-5-12(9-14)17(22)20-13-7-8-15-16(10-13)19(24)21(3)18(15)23/h4-11H,1-3H3,(H,20,22). The molecule has 0 aliphatic carbocycles. The van der Waals surface area contributed by atoms with Gasteiger partial charge in [0, 0.05) is 28.4 Å². The zero-order valence-corrected chi connectivity index (χ0v) is 15.0. The van der Waals surface area contributed by atoms with Gasteiger partial charge in [0.1, 0.15) is 0 Å². The first-order chi connectivity index (χ1) is 11.9. The number of hydrogen-bond donors (Lipinski definition) is 1. The van der Waals surface area contributed by atoms with Crippen LogP contribution in [0.2, 0.25) is 0 Å². The molecule has 1 aliphatic rings. The molecule has 0 atom stereocenters. The topological polar surface area (TPSA) is 66.5 Å². The van der Waals surface area contributed by atoms with Crippen molar-refractivity contribution in [2.45, 2.75) is 24.0 Å². The quantitative estimate of drug-likeness (QED) is 0.672. The number of fused-ring (bicyclic) bond motifs is 1. The molecule has 1 heterocycles. The van der Waals surface area contributed by atoms with Gasteiger partial charge in [0.2, 0.25) is 0 Å². The Kier molecular flexibility index (Phi) is 4.63. The molecule has 0 spiro atoms. The smallest absolute Gasteiger partial charge is 0.261 e. The Hall–Kier alpha value is -2.60. The molecule has 0 saturated heterocycles. The molecule has 2 aromatic carbocycles. The second kappa shape index (κ2) is 6.72. The summed E-state index contributed by atoms with van der Waals surface area (Å²) in [7, 11) is 1.45. The van der Waals surface area contributed by atoms with Crippen molar-refractivity contribution in [1.82, 2.24) is 4.90 Å². The average molecular weight is 354 g/mol. The zero-order chi connectivity index (χ0) is 18.1. The SMILES string of the molecule is CC(C)Sc1cccc(C(=O)Nc2ccc3c(c2)C(=O)N(C)C3=O)c1. The van der Waals surface area contributed by atoms with E-state index in [9.17, 15) is 14.4 Å². The van der Waals surface area contributed by atoms with Gasteiger partial charge in [-0.1, -0.05) is 19.9 Å². The highest BCUT2D eigenvalue weighted by Gasteiger charge is 2.32. The summed E-state index contributed by atoms with van der Waals surface area (Å²) in [6, 6.07) is 12.2. The Morgan fingerprint density at radius 3 is 2.48 bits per heavy atom. The normalized spacial score (nSPS) is 13.4. The second-order valence-corrected chi connectivity index (χ2v) is 7.73. The summed E-state index contributed by atoms with van der Waals surface area (Å²) in [5.74, 6) is -0.931. The molecule has 0 bridgehead atoms. The maximum absolute atomic E-state index is 12.5. The zero-order valence-electron chi connectivity index (χ0n) is 14.2. The van der Waals surface area contributed by atoms with Gasteiger partial charge in [-0.15, -0.1) is 11.8 Å². The lowest BCUT2D eigenvalue weighted by Gasteiger charge is -2.09. The predicted molar refractivity (Wildman–Crippen MR) is 98.3 cm³/mol. The third-order valence-electron chi connectivity index (χ3n) is 3.82. The van der Waals surface area contributed by atoms with Gasteiger partial charge in [-0.05, 0) is 36.4 Å². The van der Waals surface area contributed by atoms with Crippen LogP contribution in [0.5, 0.6) is 0 Å². The molecule has 1 N–H and O–H groups in total. The van der Waals surface area contributed by atoms with Crippen molar-refractivity contribution in [3.05, 3.63) is 59.2 Å². The first-order valence-electron chi connectivity index (χ1n) is 7.91. The van der Waals surface area contributed by atoms with Crippen LogP contribution < -0.4 is 5.32 Å². The third-order valence-corrected chi connectivity index (χ3v) is 4.81. The molecule has 0 radical (unpaired) electrons. The fraction of sp³-hybridized carbons (Fsp3) is 0.211. The number of carbonyl (C=O) groups excluding carboxylic acids is 3. The van der Waals surface area contributed by atoms with Crippen LogP contribution in [-0.4, -0.2) is 34.9 Å². The molecule has 5 nitrogen and oxygen atoms in total. The molecule has 25 heavy (non-hydrogen) atoms. The molecule has 1 aliphatic heterocycles. The minimum atomic E-state index is -0.355. The summed E-state index contributed by atoms with van der Waals surface area (Å²) in [6.07, 6.45) is 0. The van der Waals surface area contributed by atoms with E-state index in [-0.39, 0.29) is 17.7 Å². The lowest BCUT2D eigenvalue weighted by Crippen LogP contribution is -2.24. The summed E-state index contributed by atoms with van der Waals surface area (Å²) < 4.78 is 0. The van der Waals surface area contributed by atoms with E-state index in [0.717, 1.165) is 9.80 Å². The van der Waals surface area contributed by atoms with Crippen molar-refractivity contribution >= 4 is 35.2 Å². The highest BCUT2D eigenvalue weighted by Crippen LogP contribution is 2.26. The van der Waals surface area contributed by atoms with E-state index in [1.165, 1.54) is 7.05 Å². The van der Waals surface area contributed by atoms with Gasteiger partial charge >= 0.3 is 0 Å². The number of imide groups is 1. The Labute approximate surface area is 150 Å². The fourth-order valence-corrected chi connectivity index (χ4v) is 3.52. The van der Waals surface area contributed by atoms with Crippen LogP contribution in [0, 0.1) is 0 Å². The lowest BCUT2D eigenvalue weighted by molar-refractivity contribution is 0.0692. The molecular formula is C19H18N2O3S. The monoisotopic (exact) mass is 354 g/mol. The second-order valence-electron chi connectivity index (χ2n) is 6.08. The van der Waals surface area contributed by atoms with Crippen molar-refractivity contribution < 1.29 is 14.4 Å². The number of hydrogen-bond acceptors (Lipinski definition) is 4. The molecule has 0 aromatic heterocycles. The van der Waals surface area contributed by atoms with E-state index in [1.807, 2.05) is 18.2 Å². The van der Waals surface area contributed by atoms with Gasteiger partial charge in [0.05, 0.1) is 11.1 Å². The van der Waals surface area contributed by atoms with Crippen LogP contribution in [0.3, 0.4) is 0 Å². The van der Waals surface area contributed by atoms with Gasteiger partial charge in [-0.3, -0.25) is 19.3 Å². The average Bonchev–Trinajstić information content (AvgIpc) is 2.79. The van der Waals surface area contributed by atoms with Crippen molar-refractivity contribution in [1.29, 1.82) is 0 Å². The number of nitrogens with zero attached hydrogens (tertiary/aromatic N) is 1. The van der Waals surface area contributed by atoms with Crippen LogP contribution in [-0.2, 0) is 0 Å². The van der Waals surface area contributed by atoms with Crippen LogP contribution in [0.15, 0.2) is 47.4 Å². The lowest BCUT2D eigenvalue weighted by atomic mass is 10.1. The Bertz CT molecular complexity index is 877. The predicted octanol–water partition coefficient (Wildman–Crippen LogP) is 3.67. The molecule has 6 heteroatoms. The van der Waals surface area contributed by atoms with Gasteiger partial charge in [0.25, 0.3) is 17.7 Å². The van der Waals surface area contributed by atoms with E-state index >= 15 is 0 Å². The first kappa shape index (κ1) is 17.2. The minimum Gasteiger partial charge on any atom is -0.322 e. The van der Waals surface area contributed by atoms with Crippen molar-refractivity contribution in [3.63, 3.8) is 0 Å². The van der Waals surface area contributed by atoms with Crippen LogP contribution in [0.1, 0.15) is 44.9 Å². The highest BCUT2D eigenvalue weighted by atomic mass is 32.2. The van der Waals surface area contributed by atoms with Gasteiger partial charge < -0.3 is 5.32 Å². The summed E-state index contributed by atoms with van der Waals surface area (Å²) in [4.78, 5) is 38.5. The van der Waals surface area contributed by atoms with E-state index in [1.54, 1.807) is 36.0 Å². The maximum Gasteiger partial charge on any atom is 0.261 e. The Balaban J connectivity index is 1.81. The van der Waals surface area contributed by atoms with E-state index in [0.29, 0.717) is 27.6 Å². The van der Waals surface area contributed by atoms with Crippen LogP contribution >= 0.6 is 11.8 Å².